The van der Waals surface area contributed by atoms with E-state index < -0.39 is 5.60 Å². The normalized spacial score (nSPS) is 44.8. The molecule has 0 aromatic rings. The van der Waals surface area contributed by atoms with Crippen LogP contribution in [0.15, 0.2) is 0 Å². The van der Waals surface area contributed by atoms with Crippen LogP contribution in [0.4, 0.5) is 0 Å². The fourth-order valence-electron chi connectivity index (χ4n) is 2.14. The lowest BCUT2D eigenvalue weighted by Gasteiger charge is -2.35. The highest BCUT2D eigenvalue weighted by Crippen LogP contribution is 2.27. The van der Waals surface area contributed by atoms with E-state index in [4.69, 9.17) is 4.74 Å². The smallest absolute Gasteiger partial charge is 0.102 e. The van der Waals surface area contributed by atoms with Gasteiger partial charge in [0, 0.05) is 25.6 Å². The van der Waals surface area contributed by atoms with E-state index in [1.54, 1.807) is 0 Å². The Morgan fingerprint density at radius 1 is 1.54 bits per heavy atom. The molecule has 1 aliphatic carbocycles. The molecule has 13 heavy (non-hydrogen) atoms. The van der Waals surface area contributed by atoms with E-state index in [1.807, 2.05) is 0 Å². The maximum atomic E-state index is 9.94. The van der Waals surface area contributed by atoms with Crippen LogP contribution in [0.5, 0.6) is 0 Å². The Balaban J connectivity index is 1.67. The first-order valence-corrected chi connectivity index (χ1v) is 5.21. The number of ether oxygens (including phenoxy) is 1. The first kappa shape index (κ1) is 9.44. The molecule has 2 N–H and O–H groups in total. The molecule has 1 heterocycles. The summed E-state index contributed by atoms with van der Waals surface area (Å²) in [6.07, 6.45) is 3.30. The van der Waals surface area contributed by atoms with Gasteiger partial charge < -0.3 is 15.2 Å². The van der Waals surface area contributed by atoms with Crippen molar-refractivity contribution in [1.29, 1.82) is 0 Å². The second-order valence-corrected chi connectivity index (χ2v) is 4.68. The molecule has 0 bridgehead atoms. The van der Waals surface area contributed by atoms with Crippen molar-refractivity contribution in [3.8, 4) is 0 Å². The summed E-state index contributed by atoms with van der Waals surface area (Å²) in [6.45, 7) is 4.18. The average Bonchev–Trinajstić information content (AvgIpc) is 2.45. The van der Waals surface area contributed by atoms with Gasteiger partial charge >= 0.3 is 0 Å². The molecule has 0 radical (unpaired) electrons. The quantitative estimate of drug-likeness (QED) is 0.674. The van der Waals surface area contributed by atoms with Crippen LogP contribution in [0.1, 0.15) is 26.2 Å². The van der Waals surface area contributed by atoms with Crippen LogP contribution in [-0.4, -0.2) is 36.5 Å². The van der Waals surface area contributed by atoms with Gasteiger partial charge in [0.1, 0.15) is 5.60 Å². The summed E-state index contributed by atoms with van der Waals surface area (Å²) in [5.74, 6) is 0.868. The van der Waals surface area contributed by atoms with E-state index in [0.29, 0.717) is 25.8 Å². The second kappa shape index (κ2) is 3.56. The van der Waals surface area contributed by atoms with Crippen molar-refractivity contribution in [2.24, 2.45) is 5.92 Å². The van der Waals surface area contributed by atoms with E-state index in [-0.39, 0.29) is 0 Å². The largest absolute Gasteiger partial charge is 0.386 e. The molecule has 76 valence electrons. The molecule has 2 rings (SSSR count). The Hall–Kier alpha value is -0.120. The minimum absolute atomic E-state index is 0.502. The third-order valence-corrected chi connectivity index (χ3v) is 3.18. The molecular weight excluding hydrogens is 166 g/mol. The molecule has 3 nitrogen and oxygen atoms in total. The van der Waals surface area contributed by atoms with Crippen LogP contribution in [0.3, 0.4) is 0 Å². The van der Waals surface area contributed by atoms with E-state index in [9.17, 15) is 5.11 Å². The summed E-state index contributed by atoms with van der Waals surface area (Å²) in [6, 6.07) is 0.639. The van der Waals surface area contributed by atoms with Crippen molar-refractivity contribution in [3.63, 3.8) is 0 Å². The van der Waals surface area contributed by atoms with Gasteiger partial charge in [-0.2, -0.15) is 0 Å². The monoisotopic (exact) mass is 185 g/mol. The molecule has 2 aliphatic rings. The average molecular weight is 185 g/mol. The van der Waals surface area contributed by atoms with E-state index >= 15 is 0 Å². The Bertz CT molecular complexity index is 172. The molecule has 0 amide bonds. The number of rotatable bonds is 3. The maximum Gasteiger partial charge on any atom is 0.102 e. The first-order valence-electron chi connectivity index (χ1n) is 5.21. The van der Waals surface area contributed by atoms with Gasteiger partial charge in [-0.15, -0.1) is 0 Å². The number of nitrogens with one attached hydrogen (secondary N) is 1. The fraction of sp³-hybridized carbons (Fsp3) is 1.00. The Labute approximate surface area is 79.5 Å². The third-order valence-electron chi connectivity index (χ3n) is 3.18. The molecule has 1 saturated heterocycles. The predicted octanol–water partition coefficient (Wildman–Crippen LogP) is 0.526. The third kappa shape index (κ3) is 2.22. The highest BCUT2D eigenvalue weighted by molar-refractivity contribution is 4.89. The fourth-order valence-corrected chi connectivity index (χ4v) is 2.14. The van der Waals surface area contributed by atoms with Crippen molar-refractivity contribution in [3.05, 3.63) is 0 Å². The molecule has 1 aliphatic heterocycles. The molecule has 0 spiro atoms. The molecule has 1 atom stereocenters. The van der Waals surface area contributed by atoms with Crippen LogP contribution in [0.2, 0.25) is 0 Å². The Morgan fingerprint density at radius 3 is 2.85 bits per heavy atom. The molecule has 3 heteroatoms. The van der Waals surface area contributed by atoms with Gasteiger partial charge in [0.2, 0.25) is 0 Å². The summed E-state index contributed by atoms with van der Waals surface area (Å²) in [5.41, 5.74) is -0.584. The highest BCUT2D eigenvalue weighted by Gasteiger charge is 2.34. The summed E-state index contributed by atoms with van der Waals surface area (Å²) in [4.78, 5) is 0. The minimum atomic E-state index is -0.584. The lowest BCUT2D eigenvalue weighted by atomic mass is 9.81. The number of hydrogen-bond donors (Lipinski definition) is 2. The van der Waals surface area contributed by atoms with E-state index in [2.05, 4.69) is 12.2 Å². The SMILES string of the molecule is CC1CC(NCC2(O)CCOC2)C1. The topological polar surface area (TPSA) is 41.5 Å². The minimum Gasteiger partial charge on any atom is -0.386 e. The lowest BCUT2D eigenvalue weighted by molar-refractivity contribution is 0.0204. The molecular formula is C10H19NO2. The predicted molar refractivity (Wildman–Crippen MR) is 50.6 cm³/mol. The van der Waals surface area contributed by atoms with Crippen LogP contribution in [-0.2, 0) is 4.74 Å². The van der Waals surface area contributed by atoms with E-state index in [0.717, 1.165) is 12.3 Å². The Kier molecular flexibility index (Phi) is 2.58. The van der Waals surface area contributed by atoms with Crippen LogP contribution in [0.25, 0.3) is 0 Å². The summed E-state index contributed by atoms with van der Waals surface area (Å²) < 4.78 is 5.18. The van der Waals surface area contributed by atoms with Gasteiger partial charge in [0.05, 0.1) is 6.61 Å². The first-order chi connectivity index (χ1) is 6.18. The van der Waals surface area contributed by atoms with Crippen molar-refractivity contribution < 1.29 is 9.84 Å². The van der Waals surface area contributed by atoms with Gasteiger partial charge in [-0.1, -0.05) is 6.92 Å². The van der Waals surface area contributed by atoms with Gasteiger partial charge in [0.15, 0.2) is 0 Å². The number of hydrogen-bond acceptors (Lipinski definition) is 3. The molecule has 0 aromatic heterocycles. The molecule has 1 unspecified atom stereocenters. The highest BCUT2D eigenvalue weighted by atomic mass is 16.5. The molecule has 0 aromatic carbocycles. The van der Waals surface area contributed by atoms with Crippen LogP contribution in [0, 0.1) is 5.92 Å². The van der Waals surface area contributed by atoms with Crippen molar-refractivity contribution in [2.75, 3.05) is 19.8 Å². The maximum absolute atomic E-state index is 9.94. The zero-order valence-corrected chi connectivity index (χ0v) is 8.25. The van der Waals surface area contributed by atoms with Gasteiger partial charge in [-0.3, -0.25) is 0 Å². The molecule has 2 fully saturated rings. The summed E-state index contributed by atoms with van der Waals surface area (Å²) in [5, 5.41) is 13.3. The van der Waals surface area contributed by atoms with Crippen LogP contribution >= 0.6 is 0 Å². The van der Waals surface area contributed by atoms with Gasteiger partial charge in [-0.25, -0.2) is 0 Å². The van der Waals surface area contributed by atoms with Gasteiger partial charge in [0.25, 0.3) is 0 Å². The zero-order chi connectivity index (χ0) is 9.31. The molecule has 1 saturated carbocycles. The zero-order valence-electron chi connectivity index (χ0n) is 8.25. The van der Waals surface area contributed by atoms with E-state index in [1.165, 1.54) is 12.8 Å². The lowest BCUT2D eigenvalue weighted by Crippen LogP contribution is -2.48. The van der Waals surface area contributed by atoms with Crippen molar-refractivity contribution in [1.82, 2.24) is 5.32 Å². The summed E-state index contributed by atoms with van der Waals surface area (Å²) >= 11 is 0. The summed E-state index contributed by atoms with van der Waals surface area (Å²) in [7, 11) is 0. The Morgan fingerprint density at radius 2 is 2.31 bits per heavy atom. The second-order valence-electron chi connectivity index (χ2n) is 4.68. The van der Waals surface area contributed by atoms with Crippen molar-refractivity contribution in [2.45, 2.75) is 37.8 Å². The van der Waals surface area contributed by atoms with Crippen molar-refractivity contribution >= 4 is 0 Å². The number of aliphatic hydroxyl groups is 1. The van der Waals surface area contributed by atoms with Crippen LogP contribution < -0.4 is 5.32 Å². The van der Waals surface area contributed by atoms with Gasteiger partial charge in [-0.05, 0) is 18.8 Å². The standard InChI is InChI=1S/C10H19NO2/c1-8-4-9(5-8)11-6-10(12)2-3-13-7-10/h8-9,11-12H,2-7H2,1H3.